The number of thiazole rings is 1. The van der Waals surface area contributed by atoms with Crippen molar-refractivity contribution in [2.75, 3.05) is 13.1 Å². The number of aliphatic imine (C=N–C) groups is 1. The van der Waals surface area contributed by atoms with Crippen molar-refractivity contribution in [2.45, 2.75) is 32.7 Å². The van der Waals surface area contributed by atoms with Crippen molar-refractivity contribution in [3.8, 4) is 0 Å². The van der Waals surface area contributed by atoms with Crippen LogP contribution in [0.5, 0.6) is 0 Å². The first-order chi connectivity index (χ1) is 7.75. The summed E-state index contributed by atoms with van der Waals surface area (Å²) in [5.41, 5.74) is 5.96. The van der Waals surface area contributed by atoms with Crippen LogP contribution >= 0.6 is 11.3 Å². The maximum absolute atomic E-state index is 5.96. The van der Waals surface area contributed by atoms with E-state index in [0.29, 0.717) is 12.5 Å². The normalized spacial score (nSPS) is 17.8. The number of nitrogens with zero attached hydrogens (tertiary/aromatic N) is 3. The van der Waals surface area contributed by atoms with Crippen LogP contribution in [0.25, 0.3) is 0 Å². The van der Waals surface area contributed by atoms with E-state index >= 15 is 0 Å². The van der Waals surface area contributed by atoms with E-state index in [1.165, 1.54) is 24.1 Å². The van der Waals surface area contributed by atoms with Gasteiger partial charge in [0.05, 0.1) is 11.6 Å². The van der Waals surface area contributed by atoms with Crippen molar-refractivity contribution < 1.29 is 0 Å². The highest BCUT2D eigenvalue weighted by molar-refractivity contribution is 7.11. The molecule has 1 aromatic heterocycles. The number of likely N-dealkylation sites (tertiary alicyclic amines) is 1. The third-order valence-electron chi connectivity index (χ3n) is 2.75. The van der Waals surface area contributed by atoms with Gasteiger partial charge in [0.2, 0.25) is 0 Å². The Morgan fingerprint density at radius 3 is 2.88 bits per heavy atom. The minimum atomic E-state index is 0.661. The first-order valence-corrected chi connectivity index (χ1v) is 6.53. The molecule has 2 heterocycles. The summed E-state index contributed by atoms with van der Waals surface area (Å²) in [7, 11) is 0. The van der Waals surface area contributed by atoms with Gasteiger partial charge in [-0.05, 0) is 26.2 Å². The fraction of sp³-hybridized carbons (Fsp3) is 0.636. The van der Waals surface area contributed by atoms with Gasteiger partial charge < -0.3 is 10.6 Å². The monoisotopic (exact) mass is 238 g/mol. The summed E-state index contributed by atoms with van der Waals surface area (Å²) in [6.45, 7) is 4.77. The van der Waals surface area contributed by atoms with Gasteiger partial charge in [0.1, 0.15) is 0 Å². The first-order valence-electron chi connectivity index (χ1n) is 5.72. The van der Waals surface area contributed by atoms with Gasteiger partial charge in [-0.25, -0.2) is 9.98 Å². The molecule has 0 spiro atoms. The van der Waals surface area contributed by atoms with Crippen LogP contribution in [-0.2, 0) is 6.54 Å². The Hall–Kier alpha value is -1.10. The largest absolute Gasteiger partial charge is 0.370 e. The van der Waals surface area contributed by atoms with Crippen molar-refractivity contribution in [1.29, 1.82) is 0 Å². The zero-order valence-electron chi connectivity index (χ0n) is 9.65. The van der Waals surface area contributed by atoms with Crippen LogP contribution in [0.15, 0.2) is 11.2 Å². The van der Waals surface area contributed by atoms with Crippen molar-refractivity contribution in [1.82, 2.24) is 9.88 Å². The number of piperidine rings is 1. The van der Waals surface area contributed by atoms with E-state index in [4.69, 9.17) is 5.73 Å². The molecule has 0 atom stereocenters. The number of nitrogens with two attached hydrogens (primary N) is 1. The Labute approximate surface area is 100 Å². The highest BCUT2D eigenvalue weighted by atomic mass is 32.1. The Bertz CT molecular complexity index is 366. The van der Waals surface area contributed by atoms with Crippen molar-refractivity contribution >= 4 is 17.3 Å². The van der Waals surface area contributed by atoms with Crippen LogP contribution in [-0.4, -0.2) is 28.9 Å². The minimum Gasteiger partial charge on any atom is -0.370 e. The second-order valence-electron chi connectivity index (χ2n) is 4.07. The molecule has 1 aliphatic heterocycles. The summed E-state index contributed by atoms with van der Waals surface area (Å²) in [4.78, 5) is 12.0. The van der Waals surface area contributed by atoms with Crippen LogP contribution in [0, 0.1) is 6.92 Å². The lowest BCUT2D eigenvalue weighted by Gasteiger charge is -2.27. The van der Waals surface area contributed by atoms with Gasteiger partial charge in [-0.2, -0.15) is 0 Å². The number of hydrogen-bond donors (Lipinski definition) is 1. The molecular formula is C11H18N4S. The Morgan fingerprint density at radius 2 is 2.25 bits per heavy atom. The van der Waals surface area contributed by atoms with Crippen molar-refractivity contribution in [3.63, 3.8) is 0 Å². The molecule has 2 rings (SSSR count). The topological polar surface area (TPSA) is 54.5 Å². The van der Waals surface area contributed by atoms with E-state index in [-0.39, 0.29) is 0 Å². The average Bonchev–Trinajstić information content (AvgIpc) is 2.73. The molecule has 1 saturated heterocycles. The van der Waals surface area contributed by atoms with Crippen LogP contribution in [0.1, 0.15) is 29.1 Å². The summed E-state index contributed by atoms with van der Waals surface area (Å²) < 4.78 is 0. The van der Waals surface area contributed by atoms with Gasteiger partial charge in [-0.3, -0.25) is 0 Å². The van der Waals surface area contributed by atoms with E-state index in [1.54, 1.807) is 11.3 Å². The predicted molar refractivity (Wildman–Crippen MR) is 67.6 cm³/mol. The Kier molecular flexibility index (Phi) is 3.77. The Balaban J connectivity index is 1.90. The lowest BCUT2D eigenvalue weighted by atomic mass is 10.1. The second-order valence-corrected chi connectivity index (χ2v) is 5.39. The van der Waals surface area contributed by atoms with Gasteiger partial charge in [0.15, 0.2) is 5.96 Å². The summed E-state index contributed by atoms with van der Waals surface area (Å²) in [6, 6.07) is 0. The molecule has 0 amide bonds. The van der Waals surface area contributed by atoms with Gasteiger partial charge in [-0.1, -0.05) is 0 Å². The van der Waals surface area contributed by atoms with Gasteiger partial charge in [0, 0.05) is 24.2 Å². The molecule has 0 aromatic carbocycles. The molecule has 1 aliphatic rings. The van der Waals surface area contributed by atoms with Gasteiger partial charge in [-0.15, -0.1) is 11.3 Å². The summed E-state index contributed by atoms with van der Waals surface area (Å²) in [5.74, 6) is 0.686. The molecule has 0 aliphatic carbocycles. The van der Waals surface area contributed by atoms with Crippen molar-refractivity contribution in [3.05, 3.63) is 16.1 Å². The zero-order chi connectivity index (χ0) is 11.4. The number of hydrogen-bond acceptors (Lipinski definition) is 3. The minimum absolute atomic E-state index is 0.661. The van der Waals surface area contributed by atoms with Crippen LogP contribution < -0.4 is 5.73 Å². The quantitative estimate of drug-likeness (QED) is 0.631. The molecule has 1 aromatic rings. The highest BCUT2D eigenvalue weighted by Gasteiger charge is 2.11. The highest BCUT2D eigenvalue weighted by Crippen LogP contribution is 2.13. The maximum atomic E-state index is 5.96. The molecule has 0 unspecified atom stereocenters. The maximum Gasteiger partial charge on any atom is 0.191 e. The third-order valence-corrected chi connectivity index (χ3v) is 3.64. The second kappa shape index (κ2) is 5.30. The van der Waals surface area contributed by atoms with Crippen LogP contribution in [0.4, 0.5) is 0 Å². The average molecular weight is 238 g/mol. The lowest BCUT2D eigenvalue weighted by molar-refractivity contribution is 0.338. The predicted octanol–water partition coefficient (Wildman–Crippen LogP) is 1.75. The van der Waals surface area contributed by atoms with E-state index in [0.717, 1.165) is 18.1 Å². The number of aromatic nitrogens is 1. The molecule has 0 bridgehead atoms. The summed E-state index contributed by atoms with van der Waals surface area (Å²) >= 11 is 1.68. The molecule has 0 radical (unpaired) electrons. The summed E-state index contributed by atoms with van der Waals surface area (Å²) in [6.07, 6.45) is 5.66. The van der Waals surface area contributed by atoms with E-state index < -0.39 is 0 Å². The molecule has 4 nitrogen and oxygen atoms in total. The van der Waals surface area contributed by atoms with E-state index in [9.17, 15) is 0 Å². The molecular weight excluding hydrogens is 220 g/mol. The number of aryl methyl sites for hydroxylation is 1. The molecule has 0 saturated carbocycles. The number of guanidine groups is 1. The molecule has 1 fully saturated rings. The van der Waals surface area contributed by atoms with Gasteiger partial charge in [0.25, 0.3) is 0 Å². The van der Waals surface area contributed by atoms with Crippen LogP contribution in [0.2, 0.25) is 0 Å². The fourth-order valence-corrected chi connectivity index (χ4v) is 2.58. The molecule has 88 valence electrons. The molecule has 16 heavy (non-hydrogen) atoms. The van der Waals surface area contributed by atoms with E-state index in [2.05, 4.69) is 14.9 Å². The molecule has 5 heteroatoms. The third kappa shape index (κ3) is 2.95. The standard InChI is InChI=1S/C11H18N4S/c1-9-13-7-10(16-9)8-14-11(12)15-5-3-2-4-6-15/h7H,2-6,8H2,1H3,(H2,12,14). The number of rotatable bonds is 2. The molecule has 2 N–H and O–H groups in total. The first kappa shape index (κ1) is 11.4. The SMILES string of the molecule is Cc1ncc(CN=C(N)N2CCCCC2)s1. The fourth-order valence-electron chi connectivity index (χ4n) is 1.86. The zero-order valence-corrected chi connectivity index (χ0v) is 10.5. The Morgan fingerprint density at radius 1 is 1.50 bits per heavy atom. The summed E-state index contributed by atoms with van der Waals surface area (Å²) in [5, 5.41) is 1.08. The smallest absolute Gasteiger partial charge is 0.191 e. The van der Waals surface area contributed by atoms with Crippen molar-refractivity contribution in [2.24, 2.45) is 10.7 Å². The lowest BCUT2D eigenvalue weighted by Crippen LogP contribution is -2.40. The van der Waals surface area contributed by atoms with Gasteiger partial charge >= 0.3 is 0 Å². The van der Waals surface area contributed by atoms with Crippen LogP contribution in [0.3, 0.4) is 0 Å². The van der Waals surface area contributed by atoms with E-state index in [1.807, 2.05) is 13.1 Å².